The van der Waals surface area contributed by atoms with Crippen LogP contribution in [0.5, 0.6) is 0 Å². The predicted molar refractivity (Wildman–Crippen MR) is 84.1 cm³/mol. The largest absolute Gasteiger partial charge is 0.306 e. The number of benzene rings is 2. The molecule has 0 atom stereocenters. The Morgan fingerprint density at radius 2 is 1.48 bits per heavy atom. The van der Waals surface area contributed by atoms with Gasteiger partial charge in [0.1, 0.15) is 5.82 Å². The number of hydrogen-bond acceptors (Lipinski definition) is 2. The van der Waals surface area contributed by atoms with Crippen molar-refractivity contribution in [3.05, 3.63) is 84.6 Å². The molecule has 0 aliphatic carbocycles. The number of nitrogens with one attached hydrogen (secondary N) is 1. The van der Waals surface area contributed by atoms with Gasteiger partial charge in [0.2, 0.25) is 0 Å². The minimum atomic E-state index is -0.161. The molecule has 0 saturated heterocycles. The van der Waals surface area contributed by atoms with Crippen molar-refractivity contribution in [3.63, 3.8) is 0 Å². The number of hydrogen-bond donors (Lipinski definition) is 1. The summed E-state index contributed by atoms with van der Waals surface area (Å²) in [6.45, 7) is 0. The number of carbonyl (C=O) groups is 1. The first-order chi connectivity index (χ1) is 10.3. The van der Waals surface area contributed by atoms with Gasteiger partial charge >= 0.3 is 0 Å². The molecule has 0 spiro atoms. The van der Waals surface area contributed by atoms with Crippen molar-refractivity contribution in [2.24, 2.45) is 0 Å². The van der Waals surface area contributed by atoms with E-state index in [9.17, 15) is 4.79 Å². The summed E-state index contributed by atoms with van der Waals surface area (Å²) in [5.74, 6) is 0.407. The Morgan fingerprint density at radius 3 is 2.19 bits per heavy atom. The van der Waals surface area contributed by atoms with Crippen molar-refractivity contribution in [1.82, 2.24) is 4.98 Å². The molecule has 3 nitrogen and oxygen atoms in total. The van der Waals surface area contributed by atoms with E-state index in [1.165, 1.54) is 0 Å². The highest BCUT2D eigenvalue weighted by molar-refractivity contribution is 6.05. The first kappa shape index (κ1) is 13.1. The Balaban J connectivity index is 1.92. The highest BCUT2D eigenvalue weighted by atomic mass is 16.1. The van der Waals surface area contributed by atoms with Crippen LogP contribution in [-0.4, -0.2) is 10.9 Å². The molecular formula is C18H14N2O. The van der Waals surface area contributed by atoms with Crippen molar-refractivity contribution in [2.45, 2.75) is 0 Å². The van der Waals surface area contributed by atoms with Gasteiger partial charge in [0.15, 0.2) is 0 Å². The van der Waals surface area contributed by atoms with Crippen LogP contribution in [0.25, 0.3) is 11.1 Å². The van der Waals surface area contributed by atoms with Gasteiger partial charge in [-0.1, -0.05) is 48.5 Å². The van der Waals surface area contributed by atoms with Gasteiger partial charge in [-0.15, -0.1) is 0 Å². The monoisotopic (exact) mass is 274 g/mol. The molecule has 0 unspecified atom stereocenters. The number of amides is 1. The molecule has 3 rings (SSSR count). The third kappa shape index (κ3) is 2.98. The number of aromatic nitrogens is 1. The van der Waals surface area contributed by atoms with E-state index in [0.29, 0.717) is 11.4 Å². The lowest BCUT2D eigenvalue weighted by Gasteiger charge is -2.10. The maximum absolute atomic E-state index is 12.2. The molecule has 0 aliphatic rings. The molecule has 3 heteroatoms. The number of nitrogens with zero attached hydrogens (tertiary/aromatic N) is 1. The van der Waals surface area contributed by atoms with E-state index in [2.05, 4.69) is 10.3 Å². The Bertz CT molecular complexity index is 739. The Kier molecular flexibility index (Phi) is 3.74. The minimum Gasteiger partial charge on any atom is -0.306 e. The molecule has 2 aromatic carbocycles. The molecule has 0 bridgehead atoms. The number of carbonyl (C=O) groups excluding carboxylic acids is 1. The van der Waals surface area contributed by atoms with Crippen molar-refractivity contribution in [1.29, 1.82) is 0 Å². The van der Waals surface area contributed by atoms with E-state index < -0.39 is 0 Å². The summed E-state index contributed by atoms with van der Waals surface area (Å²) >= 11 is 0. The summed E-state index contributed by atoms with van der Waals surface area (Å²) in [6.07, 6.45) is 1.67. The van der Waals surface area contributed by atoms with Crippen LogP contribution >= 0.6 is 0 Å². The molecule has 102 valence electrons. The Morgan fingerprint density at radius 1 is 0.810 bits per heavy atom. The summed E-state index contributed by atoms with van der Waals surface area (Å²) in [6, 6.07) is 22.8. The zero-order valence-corrected chi connectivity index (χ0v) is 11.4. The highest BCUT2D eigenvalue weighted by Gasteiger charge is 2.10. The second kappa shape index (κ2) is 6.01. The maximum atomic E-state index is 12.2. The van der Waals surface area contributed by atoms with Crippen LogP contribution in [0.4, 0.5) is 5.82 Å². The number of anilines is 1. The minimum absolute atomic E-state index is 0.161. The fourth-order valence-electron chi connectivity index (χ4n) is 2.12. The standard InChI is InChI=1S/C18H14N2O/c21-18(15-10-5-2-6-11-15)20-17-16(12-7-13-19-17)14-8-3-1-4-9-14/h1-13H,(H,19,20,21). The summed E-state index contributed by atoms with van der Waals surface area (Å²) in [4.78, 5) is 16.5. The zero-order chi connectivity index (χ0) is 14.5. The molecule has 21 heavy (non-hydrogen) atoms. The lowest BCUT2D eigenvalue weighted by molar-refractivity contribution is 0.102. The molecule has 0 saturated carbocycles. The van der Waals surface area contributed by atoms with Gasteiger partial charge in [-0.25, -0.2) is 4.98 Å². The van der Waals surface area contributed by atoms with Crippen LogP contribution in [0.2, 0.25) is 0 Å². The van der Waals surface area contributed by atoms with Gasteiger partial charge in [0.25, 0.3) is 5.91 Å². The fraction of sp³-hybridized carbons (Fsp3) is 0. The molecular weight excluding hydrogens is 260 g/mol. The second-order valence-electron chi connectivity index (χ2n) is 4.59. The SMILES string of the molecule is O=C(Nc1ncccc1-c1ccccc1)c1ccccc1. The normalized spacial score (nSPS) is 10.1. The van der Waals surface area contributed by atoms with Crippen LogP contribution in [-0.2, 0) is 0 Å². The van der Waals surface area contributed by atoms with Crippen molar-refractivity contribution >= 4 is 11.7 Å². The average molecular weight is 274 g/mol. The lowest BCUT2D eigenvalue weighted by Crippen LogP contribution is -2.13. The second-order valence-corrected chi connectivity index (χ2v) is 4.59. The molecule has 3 aromatic rings. The first-order valence-electron chi connectivity index (χ1n) is 6.71. The van der Waals surface area contributed by atoms with E-state index in [1.54, 1.807) is 18.3 Å². The van der Waals surface area contributed by atoms with E-state index in [0.717, 1.165) is 11.1 Å². The lowest BCUT2D eigenvalue weighted by atomic mass is 10.1. The van der Waals surface area contributed by atoms with E-state index in [1.807, 2.05) is 60.7 Å². The van der Waals surface area contributed by atoms with E-state index >= 15 is 0 Å². The van der Waals surface area contributed by atoms with Crippen LogP contribution in [0.1, 0.15) is 10.4 Å². The maximum Gasteiger partial charge on any atom is 0.256 e. The molecule has 1 heterocycles. The van der Waals surface area contributed by atoms with Crippen molar-refractivity contribution in [3.8, 4) is 11.1 Å². The van der Waals surface area contributed by atoms with Crippen LogP contribution in [0, 0.1) is 0 Å². The summed E-state index contributed by atoms with van der Waals surface area (Å²) in [5, 5.41) is 2.88. The van der Waals surface area contributed by atoms with E-state index in [4.69, 9.17) is 0 Å². The average Bonchev–Trinajstić information content (AvgIpc) is 2.57. The molecule has 1 aromatic heterocycles. The quantitative estimate of drug-likeness (QED) is 0.784. The third-order valence-corrected chi connectivity index (χ3v) is 3.16. The Hall–Kier alpha value is -2.94. The predicted octanol–water partition coefficient (Wildman–Crippen LogP) is 4.00. The summed E-state index contributed by atoms with van der Waals surface area (Å²) < 4.78 is 0. The van der Waals surface area contributed by atoms with Crippen LogP contribution < -0.4 is 5.32 Å². The topological polar surface area (TPSA) is 42.0 Å². The third-order valence-electron chi connectivity index (χ3n) is 3.16. The zero-order valence-electron chi connectivity index (χ0n) is 11.4. The van der Waals surface area contributed by atoms with Crippen LogP contribution in [0.15, 0.2) is 79.0 Å². The highest BCUT2D eigenvalue weighted by Crippen LogP contribution is 2.25. The number of rotatable bonds is 3. The smallest absolute Gasteiger partial charge is 0.256 e. The number of pyridine rings is 1. The first-order valence-corrected chi connectivity index (χ1v) is 6.71. The van der Waals surface area contributed by atoms with Gasteiger partial charge in [0, 0.05) is 17.3 Å². The van der Waals surface area contributed by atoms with Gasteiger partial charge in [-0.2, -0.15) is 0 Å². The summed E-state index contributed by atoms with van der Waals surface area (Å²) in [5.41, 5.74) is 2.54. The van der Waals surface area contributed by atoms with E-state index in [-0.39, 0.29) is 5.91 Å². The van der Waals surface area contributed by atoms with Gasteiger partial charge in [-0.05, 0) is 29.8 Å². The Labute approximate surface area is 123 Å². The van der Waals surface area contributed by atoms with Gasteiger partial charge in [0.05, 0.1) is 0 Å². The fourth-order valence-corrected chi connectivity index (χ4v) is 2.12. The molecule has 1 N–H and O–H groups in total. The van der Waals surface area contributed by atoms with Gasteiger partial charge in [-0.3, -0.25) is 4.79 Å². The molecule has 1 amide bonds. The van der Waals surface area contributed by atoms with Crippen molar-refractivity contribution in [2.75, 3.05) is 5.32 Å². The van der Waals surface area contributed by atoms with Crippen LogP contribution in [0.3, 0.4) is 0 Å². The summed E-state index contributed by atoms with van der Waals surface area (Å²) in [7, 11) is 0. The molecule has 0 fully saturated rings. The molecule has 0 aliphatic heterocycles. The molecule has 0 radical (unpaired) electrons. The van der Waals surface area contributed by atoms with Crippen molar-refractivity contribution < 1.29 is 4.79 Å². The van der Waals surface area contributed by atoms with Gasteiger partial charge < -0.3 is 5.32 Å².